The Kier molecular flexibility index (Phi) is 5.82. The monoisotopic (exact) mass is 298 g/mol. The number of carbonyl (C=O) groups excluding carboxylic acids is 1. The van der Waals surface area contributed by atoms with Crippen LogP contribution in [0, 0.1) is 0 Å². The van der Waals surface area contributed by atoms with Crippen LogP contribution >= 0.6 is 11.6 Å². The van der Waals surface area contributed by atoms with Gasteiger partial charge in [-0.2, -0.15) is 0 Å². The molecule has 1 aromatic carbocycles. The van der Waals surface area contributed by atoms with Crippen molar-refractivity contribution in [1.82, 2.24) is 4.90 Å². The Morgan fingerprint density at radius 1 is 1.40 bits per heavy atom. The van der Waals surface area contributed by atoms with E-state index in [1.165, 1.54) is 18.2 Å². The van der Waals surface area contributed by atoms with Crippen molar-refractivity contribution in [3.8, 4) is 0 Å². The molecule has 0 aliphatic heterocycles. The first-order chi connectivity index (χ1) is 9.36. The molecule has 0 atom stereocenters. The lowest BCUT2D eigenvalue weighted by molar-refractivity contribution is 0.0697. The number of hydrogen-bond acceptors (Lipinski definition) is 2. The number of halogens is 1. The maximum Gasteiger partial charge on any atom is 0.335 e. The van der Waals surface area contributed by atoms with Crippen LogP contribution in [0.3, 0.4) is 0 Å². The van der Waals surface area contributed by atoms with Crippen LogP contribution in [0.1, 0.15) is 37.6 Å². The van der Waals surface area contributed by atoms with Gasteiger partial charge in [-0.25, -0.2) is 9.59 Å². The van der Waals surface area contributed by atoms with Gasteiger partial charge >= 0.3 is 12.0 Å². The summed E-state index contributed by atoms with van der Waals surface area (Å²) in [4.78, 5) is 24.8. The zero-order valence-electron chi connectivity index (χ0n) is 11.8. The Balaban J connectivity index is 2.94. The summed E-state index contributed by atoms with van der Waals surface area (Å²) in [6.45, 7) is 6.45. The Labute approximate surface area is 123 Å². The molecular weight excluding hydrogens is 280 g/mol. The Morgan fingerprint density at radius 3 is 2.55 bits per heavy atom. The maximum atomic E-state index is 12.2. The quantitative estimate of drug-likeness (QED) is 0.871. The Bertz CT molecular complexity index is 503. The van der Waals surface area contributed by atoms with E-state index >= 15 is 0 Å². The molecule has 0 bridgehead atoms. The molecule has 1 rings (SSSR count). The van der Waals surface area contributed by atoms with Gasteiger partial charge in [-0.05, 0) is 38.5 Å². The van der Waals surface area contributed by atoms with Gasteiger partial charge < -0.3 is 15.3 Å². The van der Waals surface area contributed by atoms with E-state index in [2.05, 4.69) is 5.32 Å². The number of nitrogens with one attached hydrogen (secondary N) is 1. The minimum Gasteiger partial charge on any atom is -0.478 e. The van der Waals surface area contributed by atoms with E-state index in [0.717, 1.165) is 6.42 Å². The number of carboxylic acids is 1. The molecule has 2 N–H and O–H groups in total. The van der Waals surface area contributed by atoms with E-state index in [4.69, 9.17) is 16.7 Å². The van der Waals surface area contributed by atoms with Gasteiger partial charge in [-0.3, -0.25) is 0 Å². The topological polar surface area (TPSA) is 69.6 Å². The first-order valence-corrected chi connectivity index (χ1v) is 6.85. The zero-order valence-corrected chi connectivity index (χ0v) is 12.6. The van der Waals surface area contributed by atoms with Crippen LogP contribution in [-0.4, -0.2) is 34.6 Å². The fourth-order valence-electron chi connectivity index (χ4n) is 1.78. The summed E-state index contributed by atoms with van der Waals surface area (Å²) in [6, 6.07) is 3.97. The van der Waals surface area contributed by atoms with E-state index in [1.807, 2.05) is 20.8 Å². The van der Waals surface area contributed by atoms with Crippen LogP contribution in [0.25, 0.3) is 0 Å². The molecule has 0 spiro atoms. The lowest BCUT2D eigenvalue weighted by Gasteiger charge is -2.26. The van der Waals surface area contributed by atoms with Gasteiger partial charge in [-0.1, -0.05) is 18.5 Å². The summed E-state index contributed by atoms with van der Waals surface area (Å²) >= 11 is 5.98. The molecule has 0 saturated carbocycles. The lowest BCUT2D eigenvalue weighted by Crippen LogP contribution is -2.40. The zero-order chi connectivity index (χ0) is 15.3. The van der Waals surface area contributed by atoms with Gasteiger partial charge in [0.1, 0.15) is 0 Å². The largest absolute Gasteiger partial charge is 0.478 e. The summed E-state index contributed by atoms with van der Waals surface area (Å²) in [5.41, 5.74) is 0.384. The number of urea groups is 1. The summed E-state index contributed by atoms with van der Waals surface area (Å²) < 4.78 is 0. The molecule has 0 aliphatic rings. The molecule has 2 amide bonds. The van der Waals surface area contributed by atoms with Gasteiger partial charge in [0.25, 0.3) is 0 Å². The van der Waals surface area contributed by atoms with Crippen molar-refractivity contribution < 1.29 is 14.7 Å². The third kappa shape index (κ3) is 4.13. The number of rotatable bonds is 5. The molecule has 20 heavy (non-hydrogen) atoms. The molecule has 5 nitrogen and oxygen atoms in total. The molecule has 0 heterocycles. The lowest BCUT2D eigenvalue weighted by atomic mass is 10.2. The normalized spacial score (nSPS) is 10.4. The smallest absolute Gasteiger partial charge is 0.335 e. The average molecular weight is 299 g/mol. The number of carboxylic acid groups (broad SMARTS) is 1. The van der Waals surface area contributed by atoms with Crippen LogP contribution in [0.2, 0.25) is 5.02 Å². The van der Waals surface area contributed by atoms with E-state index in [0.29, 0.717) is 17.3 Å². The Morgan fingerprint density at radius 2 is 2.05 bits per heavy atom. The minimum atomic E-state index is -1.06. The third-order valence-electron chi connectivity index (χ3n) is 2.80. The highest BCUT2D eigenvalue weighted by Gasteiger charge is 2.17. The molecule has 0 unspecified atom stereocenters. The summed E-state index contributed by atoms with van der Waals surface area (Å²) in [5.74, 6) is -1.06. The molecule has 110 valence electrons. The minimum absolute atomic E-state index is 0.0522. The second-order valence-corrected chi connectivity index (χ2v) is 5.12. The number of anilines is 1. The number of hydrogen-bond donors (Lipinski definition) is 2. The van der Waals surface area contributed by atoms with Crippen molar-refractivity contribution in [2.75, 3.05) is 11.9 Å². The fraction of sp³-hybridized carbons (Fsp3) is 0.429. The van der Waals surface area contributed by atoms with E-state index in [1.54, 1.807) is 4.90 Å². The van der Waals surface area contributed by atoms with Gasteiger partial charge in [-0.15, -0.1) is 0 Å². The van der Waals surface area contributed by atoms with Crippen molar-refractivity contribution in [3.63, 3.8) is 0 Å². The molecule has 0 saturated heterocycles. The Hall–Kier alpha value is -1.75. The molecular formula is C14H19ClN2O3. The third-order valence-corrected chi connectivity index (χ3v) is 3.13. The molecule has 6 heteroatoms. The molecule has 0 aliphatic carbocycles. The number of amides is 2. The molecule has 0 aromatic heterocycles. The van der Waals surface area contributed by atoms with Gasteiger partial charge in [0, 0.05) is 12.6 Å². The predicted octanol–water partition coefficient (Wildman–Crippen LogP) is 3.69. The van der Waals surface area contributed by atoms with Gasteiger partial charge in [0.05, 0.1) is 16.3 Å². The number of nitrogens with zero attached hydrogens (tertiary/aromatic N) is 1. The van der Waals surface area contributed by atoms with Crippen LogP contribution in [0.5, 0.6) is 0 Å². The van der Waals surface area contributed by atoms with Crippen molar-refractivity contribution in [2.24, 2.45) is 0 Å². The number of benzene rings is 1. The van der Waals surface area contributed by atoms with Crippen LogP contribution < -0.4 is 5.32 Å². The number of aromatic carboxylic acids is 1. The molecule has 0 fully saturated rings. The standard InChI is InChI=1S/C14H19ClN2O3/c1-4-7-17(9(2)3)14(20)16-12-8-10(13(18)19)5-6-11(12)15/h5-6,8-9H,4,7H2,1-3H3,(H,16,20)(H,18,19). The van der Waals surface area contributed by atoms with Crippen molar-refractivity contribution in [2.45, 2.75) is 33.2 Å². The average Bonchev–Trinajstić information content (AvgIpc) is 2.37. The maximum absolute atomic E-state index is 12.2. The van der Waals surface area contributed by atoms with Crippen molar-refractivity contribution in [1.29, 1.82) is 0 Å². The number of carbonyl (C=O) groups is 2. The summed E-state index contributed by atoms with van der Waals surface area (Å²) in [6.07, 6.45) is 0.842. The van der Waals surface area contributed by atoms with Crippen molar-refractivity contribution >= 4 is 29.3 Å². The highest BCUT2D eigenvalue weighted by atomic mass is 35.5. The van der Waals surface area contributed by atoms with Gasteiger partial charge in [0.2, 0.25) is 0 Å². The molecule has 0 radical (unpaired) electrons. The second-order valence-electron chi connectivity index (χ2n) is 4.72. The van der Waals surface area contributed by atoms with Crippen LogP contribution in [0.15, 0.2) is 18.2 Å². The summed E-state index contributed by atoms with van der Waals surface area (Å²) in [5, 5.41) is 11.9. The highest BCUT2D eigenvalue weighted by Crippen LogP contribution is 2.23. The van der Waals surface area contributed by atoms with E-state index in [-0.39, 0.29) is 17.6 Å². The SMILES string of the molecule is CCCN(C(=O)Nc1cc(C(=O)O)ccc1Cl)C(C)C. The van der Waals surface area contributed by atoms with Crippen molar-refractivity contribution in [3.05, 3.63) is 28.8 Å². The van der Waals surface area contributed by atoms with Gasteiger partial charge in [0.15, 0.2) is 0 Å². The highest BCUT2D eigenvalue weighted by molar-refractivity contribution is 6.33. The summed E-state index contributed by atoms with van der Waals surface area (Å²) in [7, 11) is 0. The van der Waals surface area contributed by atoms with E-state index in [9.17, 15) is 9.59 Å². The van der Waals surface area contributed by atoms with Crippen LogP contribution in [0.4, 0.5) is 10.5 Å². The predicted molar refractivity (Wildman–Crippen MR) is 79.6 cm³/mol. The van der Waals surface area contributed by atoms with E-state index < -0.39 is 5.97 Å². The first-order valence-electron chi connectivity index (χ1n) is 6.47. The first kappa shape index (κ1) is 16.3. The molecule has 1 aromatic rings. The van der Waals surface area contributed by atoms with Crippen LogP contribution in [-0.2, 0) is 0 Å². The second kappa shape index (κ2) is 7.14. The fourth-order valence-corrected chi connectivity index (χ4v) is 1.94.